The molecule has 0 spiro atoms. The maximum atomic E-state index is 11.3. The second kappa shape index (κ2) is 3.96. The molecule has 1 fully saturated rings. The Morgan fingerprint density at radius 3 is 2.50 bits per heavy atom. The summed E-state index contributed by atoms with van der Waals surface area (Å²) < 4.78 is 0. The highest BCUT2D eigenvalue weighted by atomic mass is 16.3. The van der Waals surface area contributed by atoms with E-state index in [-0.39, 0.29) is 18.4 Å². The molecule has 1 aliphatic rings. The van der Waals surface area contributed by atoms with Crippen molar-refractivity contribution in [3.05, 3.63) is 0 Å². The first kappa shape index (κ1) is 11.0. The number of nitrogens with one attached hydrogen (secondary N) is 1. The first-order chi connectivity index (χ1) is 6.47. The van der Waals surface area contributed by atoms with Gasteiger partial charge >= 0.3 is 0 Å². The molecule has 5 nitrogen and oxygen atoms in total. The van der Waals surface area contributed by atoms with Crippen LogP contribution >= 0.6 is 0 Å². The molecule has 0 aromatic rings. The zero-order valence-corrected chi connectivity index (χ0v) is 8.54. The first-order valence-electron chi connectivity index (χ1n) is 4.71. The number of aliphatic hydroxyl groups is 1. The van der Waals surface area contributed by atoms with Gasteiger partial charge in [-0.1, -0.05) is 6.92 Å². The van der Waals surface area contributed by atoms with Crippen molar-refractivity contribution in [3.8, 4) is 0 Å². The van der Waals surface area contributed by atoms with Crippen molar-refractivity contribution < 1.29 is 14.7 Å². The molecule has 0 saturated carbocycles. The zero-order valence-electron chi connectivity index (χ0n) is 8.54. The summed E-state index contributed by atoms with van der Waals surface area (Å²) in [5.41, 5.74) is -0.702. The number of β-amino-alcohol motifs (C(OH)–C–C–N with tert-alkyl or cyclic N) is 1. The molecule has 80 valence electrons. The number of amides is 2. The van der Waals surface area contributed by atoms with E-state index in [9.17, 15) is 14.7 Å². The Bertz CT molecular complexity index is 246. The normalized spacial score (nSPS) is 18.6. The standard InChI is InChI=1S/C9H16N2O3/c1-3-9(14)5-11(6-9)8(13)4-10-7(2)12/h14H,3-6H2,1-2H3,(H,10,12). The van der Waals surface area contributed by atoms with Crippen LogP contribution in [0.3, 0.4) is 0 Å². The van der Waals surface area contributed by atoms with E-state index in [0.717, 1.165) is 0 Å². The summed E-state index contributed by atoms with van der Waals surface area (Å²) in [7, 11) is 0. The average molecular weight is 200 g/mol. The van der Waals surface area contributed by atoms with Crippen LogP contribution in [-0.4, -0.2) is 47.1 Å². The molecular formula is C9H16N2O3. The summed E-state index contributed by atoms with van der Waals surface area (Å²) >= 11 is 0. The van der Waals surface area contributed by atoms with E-state index in [1.807, 2.05) is 6.92 Å². The fraction of sp³-hybridized carbons (Fsp3) is 0.778. The van der Waals surface area contributed by atoms with Crippen LogP contribution in [0.2, 0.25) is 0 Å². The molecule has 2 N–H and O–H groups in total. The average Bonchev–Trinajstić information content (AvgIpc) is 2.09. The minimum atomic E-state index is -0.702. The van der Waals surface area contributed by atoms with Gasteiger partial charge in [-0.25, -0.2) is 0 Å². The smallest absolute Gasteiger partial charge is 0.242 e. The van der Waals surface area contributed by atoms with Crippen molar-refractivity contribution in [2.75, 3.05) is 19.6 Å². The summed E-state index contributed by atoms with van der Waals surface area (Å²) in [6, 6.07) is 0. The highest BCUT2D eigenvalue weighted by Crippen LogP contribution is 2.23. The third kappa shape index (κ3) is 2.45. The van der Waals surface area contributed by atoms with Gasteiger partial charge < -0.3 is 15.3 Å². The van der Waals surface area contributed by atoms with Crippen molar-refractivity contribution in [2.24, 2.45) is 0 Å². The number of carbonyl (C=O) groups excluding carboxylic acids is 2. The Morgan fingerprint density at radius 1 is 1.50 bits per heavy atom. The van der Waals surface area contributed by atoms with E-state index >= 15 is 0 Å². The molecule has 0 aliphatic carbocycles. The highest BCUT2D eigenvalue weighted by Gasteiger charge is 2.41. The number of nitrogens with zero attached hydrogens (tertiary/aromatic N) is 1. The topological polar surface area (TPSA) is 69.6 Å². The fourth-order valence-corrected chi connectivity index (χ4v) is 1.38. The molecule has 0 radical (unpaired) electrons. The van der Waals surface area contributed by atoms with Gasteiger partial charge in [-0.15, -0.1) is 0 Å². The summed E-state index contributed by atoms with van der Waals surface area (Å²) in [5.74, 6) is -0.358. The van der Waals surface area contributed by atoms with Crippen LogP contribution in [0.4, 0.5) is 0 Å². The minimum absolute atomic E-state index is 0.0229. The maximum absolute atomic E-state index is 11.3. The minimum Gasteiger partial charge on any atom is -0.386 e. The van der Waals surface area contributed by atoms with Crippen molar-refractivity contribution in [2.45, 2.75) is 25.9 Å². The number of carbonyl (C=O) groups is 2. The van der Waals surface area contributed by atoms with Crippen LogP contribution in [-0.2, 0) is 9.59 Å². The second-order valence-electron chi connectivity index (χ2n) is 3.74. The zero-order chi connectivity index (χ0) is 10.8. The van der Waals surface area contributed by atoms with E-state index < -0.39 is 5.60 Å². The van der Waals surface area contributed by atoms with Crippen LogP contribution < -0.4 is 5.32 Å². The predicted octanol–water partition coefficient (Wildman–Crippen LogP) is -0.894. The third-order valence-electron chi connectivity index (χ3n) is 2.47. The summed E-state index contributed by atoms with van der Waals surface area (Å²) in [6.45, 7) is 4.03. The Hall–Kier alpha value is -1.10. The SMILES string of the molecule is CCC1(O)CN(C(=O)CNC(C)=O)C1. The number of hydrogen-bond acceptors (Lipinski definition) is 3. The van der Waals surface area contributed by atoms with Gasteiger partial charge in [0.05, 0.1) is 25.2 Å². The van der Waals surface area contributed by atoms with Gasteiger partial charge in [0, 0.05) is 6.92 Å². The Labute approximate surface area is 83.1 Å². The van der Waals surface area contributed by atoms with Crippen LogP contribution in [0.5, 0.6) is 0 Å². The molecule has 0 aromatic carbocycles. The fourth-order valence-electron chi connectivity index (χ4n) is 1.38. The molecule has 0 aromatic heterocycles. The van der Waals surface area contributed by atoms with Gasteiger partial charge in [-0.3, -0.25) is 9.59 Å². The lowest BCUT2D eigenvalue weighted by Gasteiger charge is -2.46. The van der Waals surface area contributed by atoms with E-state index in [0.29, 0.717) is 19.5 Å². The molecule has 1 rings (SSSR count). The van der Waals surface area contributed by atoms with Crippen molar-refractivity contribution in [1.29, 1.82) is 0 Å². The summed E-state index contributed by atoms with van der Waals surface area (Å²) in [5, 5.41) is 12.1. The van der Waals surface area contributed by atoms with Crippen molar-refractivity contribution in [3.63, 3.8) is 0 Å². The van der Waals surface area contributed by atoms with E-state index in [2.05, 4.69) is 5.32 Å². The van der Waals surface area contributed by atoms with Crippen molar-refractivity contribution in [1.82, 2.24) is 10.2 Å². The molecule has 2 amide bonds. The molecule has 1 aliphatic heterocycles. The molecule has 1 saturated heterocycles. The Kier molecular flexibility index (Phi) is 3.10. The van der Waals surface area contributed by atoms with E-state index in [4.69, 9.17) is 0 Å². The molecule has 0 unspecified atom stereocenters. The monoisotopic (exact) mass is 200 g/mol. The van der Waals surface area contributed by atoms with Crippen LogP contribution in [0.15, 0.2) is 0 Å². The molecular weight excluding hydrogens is 184 g/mol. The summed E-state index contributed by atoms with van der Waals surface area (Å²) in [6.07, 6.45) is 0.650. The van der Waals surface area contributed by atoms with Gasteiger partial charge in [0.25, 0.3) is 0 Å². The Morgan fingerprint density at radius 2 is 2.07 bits per heavy atom. The molecule has 5 heteroatoms. The quantitative estimate of drug-likeness (QED) is 0.620. The first-order valence-corrected chi connectivity index (χ1v) is 4.71. The lowest BCUT2D eigenvalue weighted by atomic mass is 9.91. The lowest BCUT2D eigenvalue weighted by Crippen LogP contribution is -2.64. The highest BCUT2D eigenvalue weighted by molar-refractivity contribution is 5.84. The van der Waals surface area contributed by atoms with Gasteiger partial charge in [0.1, 0.15) is 0 Å². The molecule has 0 atom stereocenters. The van der Waals surface area contributed by atoms with Crippen LogP contribution in [0, 0.1) is 0 Å². The van der Waals surface area contributed by atoms with Crippen LogP contribution in [0.25, 0.3) is 0 Å². The number of hydrogen-bond donors (Lipinski definition) is 2. The van der Waals surface area contributed by atoms with E-state index in [1.165, 1.54) is 6.92 Å². The molecule has 1 heterocycles. The Balaban J connectivity index is 2.26. The maximum Gasteiger partial charge on any atom is 0.242 e. The molecule has 0 bridgehead atoms. The van der Waals surface area contributed by atoms with Gasteiger partial charge in [0.2, 0.25) is 11.8 Å². The predicted molar refractivity (Wildman–Crippen MR) is 50.5 cm³/mol. The lowest BCUT2D eigenvalue weighted by molar-refractivity contribution is -0.155. The largest absolute Gasteiger partial charge is 0.386 e. The van der Waals surface area contributed by atoms with E-state index in [1.54, 1.807) is 4.90 Å². The van der Waals surface area contributed by atoms with Gasteiger partial charge in [-0.2, -0.15) is 0 Å². The third-order valence-corrected chi connectivity index (χ3v) is 2.47. The van der Waals surface area contributed by atoms with Crippen molar-refractivity contribution >= 4 is 11.8 Å². The van der Waals surface area contributed by atoms with Crippen LogP contribution in [0.1, 0.15) is 20.3 Å². The van der Waals surface area contributed by atoms with Gasteiger partial charge in [-0.05, 0) is 6.42 Å². The van der Waals surface area contributed by atoms with Gasteiger partial charge in [0.15, 0.2) is 0 Å². The molecule has 14 heavy (non-hydrogen) atoms. The number of rotatable bonds is 3. The number of likely N-dealkylation sites (tertiary alicyclic amines) is 1. The second-order valence-corrected chi connectivity index (χ2v) is 3.74. The summed E-state index contributed by atoms with van der Waals surface area (Å²) in [4.78, 5) is 23.4.